The van der Waals surface area contributed by atoms with E-state index in [1.165, 1.54) is 6.20 Å². The Bertz CT molecular complexity index is 1050. The number of H-pyrrole nitrogens is 1. The molecule has 0 bridgehead atoms. The summed E-state index contributed by atoms with van der Waals surface area (Å²) in [7, 11) is 3.36. The number of benzene rings is 1. The lowest BCUT2D eigenvalue weighted by molar-refractivity contribution is 0.0896. The van der Waals surface area contributed by atoms with Gasteiger partial charge in [0, 0.05) is 36.6 Å². The summed E-state index contributed by atoms with van der Waals surface area (Å²) in [6, 6.07) is 5.12. The normalized spacial score (nSPS) is 12.0. The number of nitrogens with zero attached hydrogens (tertiary/aromatic N) is 2. The van der Waals surface area contributed by atoms with Gasteiger partial charge in [-0.25, -0.2) is 9.97 Å². The molecule has 0 aliphatic heterocycles. The molecule has 0 aliphatic rings. The number of amides is 1. The lowest BCUT2D eigenvalue weighted by atomic mass is 10.1. The van der Waals surface area contributed by atoms with Gasteiger partial charge >= 0.3 is 0 Å². The second-order valence-corrected chi connectivity index (χ2v) is 6.94. The monoisotopic (exact) mass is 414 g/mol. The third-order valence-corrected chi connectivity index (χ3v) is 4.83. The van der Waals surface area contributed by atoms with Gasteiger partial charge in [0.25, 0.3) is 5.91 Å². The molecule has 0 radical (unpaired) electrons. The first kappa shape index (κ1) is 20.8. The quantitative estimate of drug-likeness (QED) is 0.422. The van der Waals surface area contributed by atoms with Gasteiger partial charge in [-0.2, -0.15) is 0 Å². The van der Waals surface area contributed by atoms with Crippen LogP contribution in [0.1, 0.15) is 35.0 Å². The predicted molar refractivity (Wildman–Crippen MR) is 114 cm³/mol. The first-order chi connectivity index (χ1) is 14.0. The van der Waals surface area contributed by atoms with Crippen molar-refractivity contribution < 1.29 is 9.53 Å². The van der Waals surface area contributed by atoms with E-state index in [1.807, 2.05) is 6.92 Å². The van der Waals surface area contributed by atoms with Crippen molar-refractivity contribution in [2.24, 2.45) is 0 Å². The van der Waals surface area contributed by atoms with E-state index in [1.54, 1.807) is 38.6 Å². The lowest BCUT2D eigenvalue weighted by Gasteiger charge is -2.15. The number of ether oxygens (including phenoxy) is 1. The SMILES string of the molecule is CCC(COC)NC(=O)c1c[nH]c2ncc(C(=N)c3ccc(Cl)cc3NC)nc12. The van der Waals surface area contributed by atoms with Crippen molar-refractivity contribution in [3.63, 3.8) is 0 Å². The van der Waals surface area contributed by atoms with Crippen LogP contribution in [0.15, 0.2) is 30.6 Å². The van der Waals surface area contributed by atoms with Crippen LogP contribution in [0.5, 0.6) is 0 Å². The van der Waals surface area contributed by atoms with Crippen LogP contribution in [0.3, 0.4) is 0 Å². The van der Waals surface area contributed by atoms with Crippen molar-refractivity contribution in [1.29, 1.82) is 5.41 Å². The topological polar surface area (TPSA) is 116 Å². The second kappa shape index (κ2) is 9.02. The molecule has 152 valence electrons. The van der Waals surface area contributed by atoms with Crippen LogP contribution < -0.4 is 10.6 Å². The first-order valence-corrected chi connectivity index (χ1v) is 9.56. The van der Waals surface area contributed by atoms with Crippen LogP contribution >= 0.6 is 11.6 Å². The van der Waals surface area contributed by atoms with E-state index in [0.29, 0.717) is 45.3 Å². The largest absolute Gasteiger partial charge is 0.388 e. The van der Waals surface area contributed by atoms with E-state index >= 15 is 0 Å². The molecule has 29 heavy (non-hydrogen) atoms. The van der Waals surface area contributed by atoms with Gasteiger partial charge < -0.3 is 20.4 Å². The van der Waals surface area contributed by atoms with Crippen LogP contribution in [0, 0.1) is 5.41 Å². The molecule has 3 aromatic rings. The predicted octanol–water partition coefficient (Wildman–Crippen LogP) is 3.22. The number of methoxy groups -OCH3 is 1. The van der Waals surface area contributed by atoms with Gasteiger partial charge in [-0.05, 0) is 24.6 Å². The maximum absolute atomic E-state index is 12.7. The van der Waals surface area contributed by atoms with Crippen LogP contribution in [0.25, 0.3) is 11.2 Å². The van der Waals surface area contributed by atoms with Gasteiger partial charge in [-0.1, -0.05) is 18.5 Å². The Balaban J connectivity index is 1.95. The third-order valence-electron chi connectivity index (χ3n) is 4.60. The zero-order valence-electron chi connectivity index (χ0n) is 16.5. The Morgan fingerprint density at radius 1 is 1.38 bits per heavy atom. The van der Waals surface area contributed by atoms with Crippen LogP contribution in [-0.2, 0) is 4.74 Å². The van der Waals surface area contributed by atoms with E-state index in [2.05, 4.69) is 25.6 Å². The zero-order valence-corrected chi connectivity index (χ0v) is 17.2. The van der Waals surface area contributed by atoms with Gasteiger partial charge in [0.05, 0.1) is 30.1 Å². The van der Waals surface area contributed by atoms with Crippen LogP contribution in [0.2, 0.25) is 5.02 Å². The van der Waals surface area contributed by atoms with Crippen molar-refractivity contribution in [2.75, 3.05) is 26.1 Å². The maximum Gasteiger partial charge on any atom is 0.255 e. The molecule has 0 aliphatic carbocycles. The molecule has 9 heteroatoms. The molecule has 2 aromatic heterocycles. The number of aromatic amines is 1. The molecule has 1 unspecified atom stereocenters. The average molecular weight is 415 g/mol. The number of halogens is 1. The van der Waals surface area contributed by atoms with E-state index in [0.717, 1.165) is 6.42 Å². The minimum absolute atomic E-state index is 0.0980. The number of fused-ring (bicyclic) bond motifs is 1. The summed E-state index contributed by atoms with van der Waals surface area (Å²) in [6.45, 7) is 2.40. The molecule has 0 saturated heterocycles. The second-order valence-electron chi connectivity index (χ2n) is 6.50. The van der Waals surface area contributed by atoms with Gasteiger partial charge in [-0.15, -0.1) is 0 Å². The smallest absolute Gasteiger partial charge is 0.255 e. The number of carbonyl (C=O) groups excluding carboxylic acids is 1. The van der Waals surface area contributed by atoms with Crippen LogP contribution in [0.4, 0.5) is 5.69 Å². The van der Waals surface area contributed by atoms with Gasteiger partial charge in [-0.3, -0.25) is 10.2 Å². The Labute approximate surface area is 173 Å². The molecular weight excluding hydrogens is 392 g/mol. The highest BCUT2D eigenvalue weighted by Gasteiger charge is 2.19. The molecule has 1 amide bonds. The summed E-state index contributed by atoms with van der Waals surface area (Å²) in [5.74, 6) is -0.263. The standard InChI is InChI=1S/C20H23ClN6O2/c1-4-12(10-29-3)26-20(28)14-8-24-19-18(14)27-16(9-25-19)17(22)13-6-5-11(21)7-15(13)23-2/h5-9,12,22-23H,4,10H2,1-3H3,(H,24,25)(H,26,28). The highest BCUT2D eigenvalue weighted by Crippen LogP contribution is 2.24. The highest BCUT2D eigenvalue weighted by atomic mass is 35.5. The van der Waals surface area contributed by atoms with E-state index in [-0.39, 0.29) is 17.7 Å². The summed E-state index contributed by atoms with van der Waals surface area (Å²) in [4.78, 5) is 24.6. The molecule has 0 spiro atoms. The van der Waals surface area contributed by atoms with E-state index in [4.69, 9.17) is 21.7 Å². The van der Waals surface area contributed by atoms with E-state index in [9.17, 15) is 4.79 Å². The number of carbonyl (C=O) groups is 1. The zero-order chi connectivity index (χ0) is 21.0. The fourth-order valence-corrected chi connectivity index (χ4v) is 3.16. The summed E-state index contributed by atoms with van der Waals surface area (Å²) in [6.07, 6.45) is 3.83. The molecule has 0 saturated carbocycles. The Morgan fingerprint density at radius 3 is 2.86 bits per heavy atom. The van der Waals surface area contributed by atoms with Crippen molar-refractivity contribution >= 4 is 40.1 Å². The van der Waals surface area contributed by atoms with Gasteiger partial charge in [0.15, 0.2) is 5.65 Å². The molecule has 1 aromatic carbocycles. The van der Waals surface area contributed by atoms with Crippen molar-refractivity contribution in [2.45, 2.75) is 19.4 Å². The van der Waals surface area contributed by atoms with Crippen molar-refractivity contribution in [1.82, 2.24) is 20.3 Å². The average Bonchev–Trinajstić information content (AvgIpc) is 3.16. The third kappa shape index (κ3) is 4.38. The molecule has 3 rings (SSSR count). The Kier molecular flexibility index (Phi) is 6.46. The highest BCUT2D eigenvalue weighted by molar-refractivity contribution is 6.31. The minimum atomic E-state index is -0.263. The molecule has 0 fully saturated rings. The van der Waals surface area contributed by atoms with Gasteiger partial charge in [0.1, 0.15) is 11.2 Å². The lowest BCUT2D eigenvalue weighted by Crippen LogP contribution is -2.37. The summed E-state index contributed by atoms with van der Waals surface area (Å²) in [5, 5.41) is 15.1. The van der Waals surface area contributed by atoms with E-state index < -0.39 is 0 Å². The van der Waals surface area contributed by atoms with Crippen molar-refractivity contribution in [3.05, 3.63) is 52.4 Å². The van der Waals surface area contributed by atoms with Gasteiger partial charge in [0.2, 0.25) is 0 Å². The first-order valence-electron chi connectivity index (χ1n) is 9.19. The van der Waals surface area contributed by atoms with Crippen LogP contribution in [-0.4, -0.2) is 53.4 Å². The number of anilines is 1. The number of hydrogen-bond donors (Lipinski definition) is 4. The Morgan fingerprint density at radius 2 is 2.17 bits per heavy atom. The number of rotatable bonds is 8. The summed E-state index contributed by atoms with van der Waals surface area (Å²) >= 11 is 6.05. The van der Waals surface area contributed by atoms with Crippen molar-refractivity contribution in [3.8, 4) is 0 Å². The number of hydrogen-bond acceptors (Lipinski definition) is 6. The molecule has 1 atom stereocenters. The molecular formula is C20H23ClN6O2. The number of aromatic nitrogens is 3. The Hall–Kier alpha value is -2.97. The fraction of sp³-hybridized carbons (Fsp3) is 0.300. The molecule has 4 N–H and O–H groups in total. The number of nitrogens with one attached hydrogen (secondary N) is 4. The maximum atomic E-state index is 12.7. The fourth-order valence-electron chi connectivity index (χ4n) is 2.99. The molecule has 2 heterocycles. The summed E-state index contributed by atoms with van der Waals surface area (Å²) in [5.41, 5.74) is 3.16. The minimum Gasteiger partial charge on any atom is -0.388 e. The molecule has 8 nitrogen and oxygen atoms in total. The summed E-state index contributed by atoms with van der Waals surface area (Å²) < 4.78 is 5.14.